The van der Waals surface area contributed by atoms with Crippen LogP contribution >= 0.6 is 27.3 Å². The number of rotatable bonds is 3. The molecule has 0 aliphatic carbocycles. The van der Waals surface area contributed by atoms with Crippen LogP contribution in [-0.2, 0) is 0 Å². The maximum absolute atomic E-state index is 12.0. The molecule has 1 amide bonds. The summed E-state index contributed by atoms with van der Waals surface area (Å²) in [6.07, 6.45) is 1.54. The second kappa shape index (κ2) is 6.52. The summed E-state index contributed by atoms with van der Waals surface area (Å²) in [5.74, 6) is -0.376. The molecule has 0 atom stereocenters. The lowest BCUT2D eigenvalue weighted by Gasteiger charge is -1.98. The molecule has 1 heterocycles. The van der Waals surface area contributed by atoms with Crippen molar-refractivity contribution in [1.82, 2.24) is 5.43 Å². The molecule has 21 heavy (non-hydrogen) atoms. The predicted octanol–water partition coefficient (Wildman–Crippen LogP) is 3.04. The van der Waals surface area contributed by atoms with Crippen molar-refractivity contribution in [3.8, 4) is 6.07 Å². The van der Waals surface area contributed by atoms with E-state index in [0.717, 1.165) is 21.4 Å². The van der Waals surface area contributed by atoms with E-state index < -0.39 is 0 Å². The Kier molecular flexibility index (Phi) is 4.73. The highest BCUT2D eigenvalue weighted by molar-refractivity contribution is 9.10. The van der Waals surface area contributed by atoms with Crippen LogP contribution in [0.4, 0.5) is 5.00 Å². The summed E-state index contributed by atoms with van der Waals surface area (Å²) in [4.78, 5) is 12.4. The molecule has 2 aromatic rings. The quantitative estimate of drug-likeness (QED) is 0.649. The highest BCUT2D eigenvalue weighted by atomic mass is 79.9. The van der Waals surface area contributed by atoms with Gasteiger partial charge >= 0.3 is 0 Å². The van der Waals surface area contributed by atoms with E-state index in [1.807, 2.05) is 30.3 Å². The number of thiophene rings is 1. The lowest BCUT2D eigenvalue weighted by atomic mass is 10.2. The molecule has 0 aliphatic rings. The Morgan fingerprint density at radius 2 is 2.14 bits per heavy atom. The maximum atomic E-state index is 12.0. The molecule has 0 saturated carbocycles. The highest BCUT2D eigenvalue weighted by Crippen LogP contribution is 2.29. The van der Waals surface area contributed by atoms with E-state index in [9.17, 15) is 4.79 Å². The van der Waals surface area contributed by atoms with Gasteiger partial charge in [0, 0.05) is 4.47 Å². The molecule has 0 unspecified atom stereocenters. The van der Waals surface area contributed by atoms with Gasteiger partial charge in [-0.1, -0.05) is 28.1 Å². The second-order valence-corrected chi connectivity index (χ2v) is 6.13. The van der Waals surface area contributed by atoms with E-state index >= 15 is 0 Å². The number of carbonyl (C=O) groups excluding carboxylic acids is 1. The van der Waals surface area contributed by atoms with Gasteiger partial charge in [0.1, 0.15) is 15.9 Å². The molecule has 1 aromatic heterocycles. The van der Waals surface area contributed by atoms with Crippen LogP contribution in [0.1, 0.15) is 26.4 Å². The largest absolute Gasteiger partial charge is 0.389 e. The van der Waals surface area contributed by atoms with Crippen LogP contribution in [0.5, 0.6) is 0 Å². The Balaban J connectivity index is 2.09. The van der Waals surface area contributed by atoms with Gasteiger partial charge in [0.15, 0.2) is 0 Å². The molecule has 0 radical (unpaired) electrons. The minimum atomic E-state index is -0.376. The number of nitrogens with one attached hydrogen (secondary N) is 1. The van der Waals surface area contributed by atoms with Gasteiger partial charge in [-0.2, -0.15) is 10.4 Å². The average molecular weight is 363 g/mol. The highest BCUT2D eigenvalue weighted by Gasteiger charge is 2.17. The van der Waals surface area contributed by atoms with Crippen molar-refractivity contribution >= 4 is 44.4 Å². The topological polar surface area (TPSA) is 91.3 Å². The zero-order valence-electron chi connectivity index (χ0n) is 11.1. The first kappa shape index (κ1) is 15.2. The number of benzene rings is 1. The molecule has 2 rings (SSSR count). The number of nitrogens with two attached hydrogens (primary N) is 1. The van der Waals surface area contributed by atoms with E-state index in [0.29, 0.717) is 21.0 Å². The number of hydrogen-bond acceptors (Lipinski definition) is 5. The minimum Gasteiger partial charge on any atom is -0.389 e. The third-order valence-corrected chi connectivity index (χ3v) is 4.39. The van der Waals surface area contributed by atoms with Crippen LogP contribution in [-0.4, -0.2) is 12.1 Å². The zero-order chi connectivity index (χ0) is 15.4. The van der Waals surface area contributed by atoms with Crippen LogP contribution < -0.4 is 11.2 Å². The number of nitriles is 1. The Bertz CT molecular complexity index is 744. The first-order valence-electron chi connectivity index (χ1n) is 5.91. The summed E-state index contributed by atoms with van der Waals surface area (Å²) in [7, 11) is 0. The number of anilines is 1. The molecule has 1 aromatic carbocycles. The Morgan fingerprint density at radius 1 is 1.48 bits per heavy atom. The number of nitrogen functional groups attached to an aromatic ring is 1. The summed E-state index contributed by atoms with van der Waals surface area (Å²) < 4.78 is 0.970. The van der Waals surface area contributed by atoms with Gasteiger partial charge in [0.2, 0.25) is 0 Å². The Morgan fingerprint density at radius 3 is 2.71 bits per heavy atom. The SMILES string of the molecule is Cc1c(C(=O)NN=Cc2ccc(Br)cc2)sc(N)c1C#N. The normalized spacial score (nSPS) is 10.5. The second-order valence-electron chi connectivity index (χ2n) is 4.16. The summed E-state index contributed by atoms with van der Waals surface area (Å²) in [5, 5.41) is 13.2. The van der Waals surface area contributed by atoms with Crippen molar-refractivity contribution in [2.24, 2.45) is 5.10 Å². The van der Waals surface area contributed by atoms with Gasteiger partial charge in [-0.05, 0) is 30.2 Å². The smallest absolute Gasteiger partial charge is 0.281 e. The zero-order valence-corrected chi connectivity index (χ0v) is 13.5. The van der Waals surface area contributed by atoms with E-state index in [1.165, 1.54) is 0 Å². The molecule has 0 aliphatic heterocycles. The monoisotopic (exact) mass is 362 g/mol. The van der Waals surface area contributed by atoms with Gasteiger partial charge in [-0.15, -0.1) is 11.3 Å². The lowest BCUT2D eigenvalue weighted by Crippen LogP contribution is -2.17. The fraction of sp³-hybridized carbons (Fsp3) is 0.0714. The molecule has 0 fully saturated rings. The summed E-state index contributed by atoms with van der Waals surface area (Å²) in [6.45, 7) is 1.69. The van der Waals surface area contributed by atoms with Crippen molar-refractivity contribution < 1.29 is 4.79 Å². The van der Waals surface area contributed by atoms with Gasteiger partial charge in [-0.3, -0.25) is 4.79 Å². The third-order valence-electron chi connectivity index (χ3n) is 2.74. The first-order valence-corrected chi connectivity index (χ1v) is 7.51. The minimum absolute atomic E-state index is 0.344. The van der Waals surface area contributed by atoms with Crippen molar-refractivity contribution in [2.45, 2.75) is 6.92 Å². The Hall–Kier alpha value is -2.17. The summed E-state index contributed by atoms with van der Waals surface area (Å²) >= 11 is 4.43. The number of nitrogens with zero attached hydrogens (tertiary/aromatic N) is 2. The molecular formula is C14H11BrN4OS. The molecule has 3 N–H and O–H groups in total. The van der Waals surface area contributed by atoms with Crippen molar-refractivity contribution in [3.63, 3.8) is 0 Å². The first-order chi connectivity index (χ1) is 10.0. The fourth-order valence-electron chi connectivity index (χ4n) is 1.66. The van der Waals surface area contributed by atoms with Gasteiger partial charge in [0.25, 0.3) is 5.91 Å². The Labute approximate surface area is 134 Å². The van der Waals surface area contributed by atoms with E-state index in [4.69, 9.17) is 11.0 Å². The molecule has 0 bridgehead atoms. The van der Waals surface area contributed by atoms with Crippen LogP contribution in [0.2, 0.25) is 0 Å². The van der Waals surface area contributed by atoms with Crippen LogP contribution in [0.15, 0.2) is 33.8 Å². The number of hydrazone groups is 1. The number of amides is 1. The van der Waals surface area contributed by atoms with Crippen molar-refractivity contribution in [1.29, 1.82) is 5.26 Å². The van der Waals surface area contributed by atoms with E-state index in [1.54, 1.807) is 13.1 Å². The van der Waals surface area contributed by atoms with Crippen molar-refractivity contribution in [2.75, 3.05) is 5.73 Å². The lowest BCUT2D eigenvalue weighted by molar-refractivity contribution is 0.0958. The molecule has 0 saturated heterocycles. The van der Waals surface area contributed by atoms with Crippen LogP contribution in [0.3, 0.4) is 0 Å². The molecule has 5 nitrogen and oxygen atoms in total. The molecule has 7 heteroatoms. The number of carbonyl (C=O) groups is 1. The molecule has 0 spiro atoms. The van der Waals surface area contributed by atoms with Crippen molar-refractivity contribution in [3.05, 3.63) is 50.3 Å². The number of halogens is 1. The van der Waals surface area contributed by atoms with Gasteiger partial charge in [-0.25, -0.2) is 5.43 Å². The van der Waals surface area contributed by atoms with Gasteiger partial charge in [0.05, 0.1) is 11.8 Å². The fourth-order valence-corrected chi connectivity index (χ4v) is 2.84. The third kappa shape index (κ3) is 3.48. The standard InChI is InChI=1S/C14H11BrN4OS/c1-8-11(6-16)13(17)21-12(8)14(20)19-18-7-9-2-4-10(15)5-3-9/h2-5,7H,17H2,1H3,(H,19,20). The van der Waals surface area contributed by atoms with E-state index in [2.05, 4.69) is 26.5 Å². The maximum Gasteiger partial charge on any atom is 0.281 e. The van der Waals surface area contributed by atoms with E-state index in [-0.39, 0.29) is 5.91 Å². The number of hydrogen-bond donors (Lipinski definition) is 2. The van der Waals surface area contributed by atoms with Crippen LogP contribution in [0.25, 0.3) is 0 Å². The summed E-state index contributed by atoms with van der Waals surface area (Å²) in [5.41, 5.74) is 9.92. The summed E-state index contributed by atoms with van der Waals surface area (Å²) in [6, 6.07) is 9.48. The molecular weight excluding hydrogens is 352 g/mol. The predicted molar refractivity (Wildman–Crippen MR) is 87.4 cm³/mol. The molecule has 106 valence electrons. The average Bonchev–Trinajstić information content (AvgIpc) is 2.75. The van der Waals surface area contributed by atoms with Gasteiger partial charge < -0.3 is 5.73 Å². The van der Waals surface area contributed by atoms with Crippen LogP contribution in [0, 0.1) is 18.3 Å².